The average Bonchev–Trinajstić information content (AvgIpc) is 2.87. The molecule has 1 aromatic rings. The first-order chi connectivity index (χ1) is 12.4. The Morgan fingerprint density at radius 2 is 1.85 bits per heavy atom. The van der Waals surface area contributed by atoms with Gasteiger partial charge in [-0.3, -0.25) is 9.59 Å². The molecular formula is C17H23BrN2O5S. The molecule has 26 heavy (non-hydrogen) atoms. The molecule has 9 heteroatoms. The number of halogens is 1. The summed E-state index contributed by atoms with van der Waals surface area (Å²) in [7, 11) is -3.82. The van der Waals surface area contributed by atoms with Crippen LogP contribution in [0.2, 0.25) is 0 Å². The van der Waals surface area contributed by atoms with E-state index < -0.39 is 29.1 Å². The van der Waals surface area contributed by atoms with Gasteiger partial charge in [-0.1, -0.05) is 47.7 Å². The standard InChI is InChI=1S/C17H23BrN2O5S/c18-13-6-5-9-15(10-13)26(23,24)19-11-17(22)25-12-16(21)20-14-7-3-1-2-4-8-14/h5-6,9-10,14,19H,1-4,7-8,11-12H2,(H,20,21). The highest BCUT2D eigenvalue weighted by molar-refractivity contribution is 9.10. The maximum atomic E-state index is 12.1. The lowest BCUT2D eigenvalue weighted by molar-refractivity contribution is -0.147. The predicted molar refractivity (Wildman–Crippen MR) is 99.9 cm³/mol. The van der Waals surface area contributed by atoms with Crippen molar-refractivity contribution in [2.75, 3.05) is 13.2 Å². The number of rotatable bonds is 7. The zero-order valence-corrected chi connectivity index (χ0v) is 16.8. The fourth-order valence-corrected chi connectivity index (χ4v) is 4.33. The van der Waals surface area contributed by atoms with Gasteiger partial charge >= 0.3 is 5.97 Å². The molecule has 0 unspecified atom stereocenters. The van der Waals surface area contributed by atoms with Crippen LogP contribution >= 0.6 is 15.9 Å². The Morgan fingerprint density at radius 1 is 1.15 bits per heavy atom. The molecule has 0 bridgehead atoms. The van der Waals surface area contributed by atoms with Gasteiger partial charge in [-0.05, 0) is 31.0 Å². The minimum Gasteiger partial charge on any atom is -0.455 e. The van der Waals surface area contributed by atoms with Crippen LogP contribution in [0.5, 0.6) is 0 Å². The number of ether oxygens (including phenoxy) is 1. The van der Waals surface area contributed by atoms with Crippen molar-refractivity contribution in [3.8, 4) is 0 Å². The van der Waals surface area contributed by atoms with Gasteiger partial charge in [-0.2, -0.15) is 4.72 Å². The van der Waals surface area contributed by atoms with Crippen LogP contribution in [0, 0.1) is 0 Å². The smallest absolute Gasteiger partial charge is 0.321 e. The van der Waals surface area contributed by atoms with E-state index in [1.165, 1.54) is 25.0 Å². The SMILES string of the molecule is O=C(COC(=O)CNS(=O)(=O)c1cccc(Br)c1)NC1CCCCCC1. The van der Waals surface area contributed by atoms with E-state index in [1.54, 1.807) is 12.1 Å². The lowest BCUT2D eigenvalue weighted by atomic mass is 10.1. The summed E-state index contributed by atoms with van der Waals surface area (Å²) < 4.78 is 31.8. The molecule has 0 saturated heterocycles. The molecule has 1 amide bonds. The van der Waals surface area contributed by atoms with E-state index in [1.807, 2.05) is 0 Å². The third-order valence-corrected chi connectivity index (χ3v) is 5.99. The van der Waals surface area contributed by atoms with E-state index in [-0.39, 0.29) is 16.8 Å². The number of carbonyl (C=O) groups excluding carboxylic acids is 2. The number of carbonyl (C=O) groups is 2. The van der Waals surface area contributed by atoms with E-state index in [2.05, 4.69) is 26.0 Å². The Kier molecular flexibility index (Phi) is 8.05. The number of benzene rings is 1. The maximum absolute atomic E-state index is 12.1. The highest BCUT2D eigenvalue weighted by atomic mass is 79.9. The number of sulfonamides is 1. The average molecular weight is 447 g/mol. The van der Waals surface area contributed by atoms with E-state index >= 15 is 0 Å². The van der Waals surface area contributed by atoms with Gasteiger partial charge in [0, 0.05) is 10.5 Å². The van der Waals surface area contributed by atoms with Crippen molar-refractivity contribution >= 4 is 37.8 Å². The van der Waals surface area contributed by atoms with E-state index in [4.69, 9.17) is 4.74 Å². The molecule has 0 radical (unpaired) electrons. The van der Waals surface area contributed by atoms with Crippen molar-refractivity contribution in [2.45, 2.75) is 49.5 Å². The maximum Gasteiger partial charge on any atom is 0.321 e. The second kappa shape index (κ2) is 10.0. The topological polar surface area (TPSA) is 102 Å². The van der Waals surface area contributed by atoms with Crippen LogP contribution in [0.15, 0.2) is 33.6 Å². The lowest BCUT2D eigenvalue weighted by Crippen LogP contribution is -2.38. The Hall–Kier alpha value is -1.45. The molecule has 0 heterocycles. The first kappa shape index (κ1) is 20.9. The van der Waals surface area contributed by atoms with Crippen molar-refractivity contribution in [1.29, 1.82) is 0 Å². The normalized spacial score (nSPS) is 15.9. The monoisotopic (exact) mass is 446 g/mol. The summed E-state index contributed by atoms with van der Waals surface area (Å²) in [5, 5.41) is 2.86. The fourth-order valence-electron chi connectivity index (χ4n) is 2.76. The van der Waals surface area contributed by atoms with Crippen LogP contribution in [0.3, 0.4) is 0 Å². The largest absolute Gasteiger partial charge is 0.455 e. The summed E-state index contributed by atoms with van der Waals surface area (Å²) in [4.78, 5) is 23.6. The quantitative estimate of drug-likeness (QED) is 0.493. The van der Waals surface area contributed by atoms with Crippen molar-refractivity contribution < 1.29 is 22.7 Å². The number of esters is 1. The summed E-state index contributed by atoms with van der Waals surface area (Å²) in [5.74, 6) is -1.17. The van der Waals surface area contributed by atoms with Gasteiger partial charge in [0.05, 0.1) is 4.90 Å². The summed E-state index contributed by atoms with van der Waals surface area (Å²) in [6.07, 6.45) is 6.40. The van der Waals surface area contributed by atoms with Crippen molar-refractivity contribution in [1.82, 2.24) is 10.0 Å². The van der Waals surface area contributed by atoms with Gasteiger partial charge in [0.15, 0.2) is 6.61 Å². The summed E-state index contributed by atoms with van der Waals surface area (Å²) in [6, 6.07) is 6.24. The van der Waals surface area contributed by atoms with Gasteiger partial charge in [-0.15, -0.1) is 0 Å². The minimum absolute atomic E-state index is 0.0331. The van der Waals surface area contributed by atoms with Crippen molar-refractivity contribution in [3.05, 3.63) is 28.7 Å². The molecule has 0 aliphatic heterocycles. The van der Waals surface area contributed by atoms with E-state index in [0.29, 0.717) is 4.47 Å². The molecule has 2 N–H and O–H groups in total. The predicted octanol–water partition coefficient (Wildman–Crippen LogP) is 2.11. The Morgan fingerprint density at radius 3 is 2.50 bits per heavy atom. The molecule has 1 aliphatic carbocycles. The van der Waals surface area contributed by atoms with Gasteiger partial charge in [-0.25, -0.2) is 8.42 Å². The molecule has 144 valence electrons. The highest BCUT2D eigenvalue weighted by Crippen LogP contribution is 2.17. The number of nitrogens with one attached hydrogen (secondary N) is 2. The van der Waals surface area contributed by atoms with Crippen LogP contribution in [0.1, 0.15) is 38.5 Å². The van der Waals surface area contributed by atoms with Crippen LogP contribution in [0.25, 0.3) is 0 Å². The first-order valence-corrected chi connectivity index (χ1v) is 10.8. The Bertz CT molecular complexity index is 730. The van der Waals surface area contributed by atoms with Gasteiger partial charge in [0.1, 0.15) is 6.54 Å². The molecular weight excluding hydrogens is 424 g/mol. The van der Waals surface area contributed by atoms with E-state index in [9.17, 15) is 18.0 Å². The number of amides is 1. The van der Waals surface area contributed by atoms with Gasteiger partial charge < -0.3 is 10.1 Å². The minimum atomic E-state index is -3.82. The van der Waals surface area contributed by atoms with Crippen molar-refractivity contribution in [2.24, 2.45) is 0 Å². The zero-order chi connectivity index (χ0) is 19.0. The second-order valence-corrected chi connectivity index (χ2v) is 8.88. The summed E-state index contributed by atoms with van der Waals surface area (Å²) >= 11 is 3.19. The summed E-state index contributed by atoms with van der Waals surface area (Å²) in [6.45, 7) is -0.945. The van der Waals surface area contributed by atoms with Crippen LogP contribution in [0.4, 0.5) is 0 Å². The number of hydrogen-bond acceptors (Lipinski definition) is 5. The van der Waals surface area contributed by atoms with Gasteiger partial charge in [0.2, 0.25) is 10.0 Å². The molecule has 1 aromatic carbocycles. The molecule has 7 nitrogen and oxygen atoms in total. The van der Waals surface area contributed by atoms with Crippen molar-refractivity contribution in [3.63, 3.8) is 0 Å². The second-order valence-electron chi connectivity index (χ2n) is 6.20. The van der Waals surface area contributed by atoms with Crippen LogP contribution < -0.4 is 10.0 Å². The molecule has 0 atom stereocenters. The lowest BCUT2D eigenvalue weighted by Gasteiger charge is -2.16. The number of hydrogen-bond donors (Lipinski definition) is 2. The molecule has 1 saturated carbocycles. The highest BCUT2D eigenvalue weighted by Gasteiger charge is 2.18. The van der Waals surface area contributed by atoms with E-state index in [0.717, 1.165) is 25.7 Å². The van der Waals surface area contributed by atoms with Gasteiger partial charge in [0.25, 0.3) is 5.91 Å². The first-order valence-electron chi connectivity index (χ1n) is 8.57. The van der Waals surface area contributed by atoms with Crippen LogP contribution in [-0.2, 0) is 24.3 Å². The Labute approximate surface area is 162 Å². The molecule has 2 rings (SSSR count). The molecule has 0 spiro atoms. The zero-order valence-electron chi connectivity index (χ0n) is 14.4. The molecule has 1 aliphatic rings. The summed E-state index contributed by atoms with van der Waals surface area (Å²) in [5.41, 5.74) is 0. The third-order valence-electron chi connectivity index (χ3n) is 4.10. The van der Waals surface area contributed by atoms with Crippen LogP contribution in [-0.4, -0.2) is 39.5 Å². The third kappa shape index (κ3) is 7.05. The Balaban J connectivity index is 1.73. The fraction of sp³-hybridized carbons (Fsp3) is 0.529. The molecule has 1 fully saturated rings. The molecule has 0 aromatic heterocycles.